The van der Waals surface area contributed by atoms with Gasteiger partial charge in [-0.05, 0) is 92.2 Å². The van der Waals surface area contributed by atoms with Crippen LogP contribution >= 0.6 is 0 Å². The molecule has 2 heterocycles. The Morgan fingerprint density at radius 3 is 2.61 bits per heavy atom. The molecule has 1 aromatic carbocycles. The third-order valence-electron chi connectivity index (χ3n) is 11.4. The first-order valence-corrected chi connectivity index (χ1v) is 15.9. The Balaban J connectivity index is 1.19. The normalized spacial score (nSPS) is 35.1. The third-order valence-corrected chi connectivity index (χ3v) is 13.4. The Bertz CT molecular complexity index is 1120. The summed E-state index contributed by atoms with van der Waals surface area (Å²) in [6, 6.07) is 8.70. The number of rotatable bonds is 5. The van der Waals surface area contributed by atoms with Crippen LogP contribution in [0.2, 0.25) is 0 Å². The van der Waals surface area contributed by atoms with Crippen molar-refractivity contribution in [1.29, 1.82) is 0 Å². The number of amides is 1. The number of carbonyl (C=O) groups excluding carboxylic acids is 1. The van der Waals surface area contributed by atoms with Gasteiger partial charge in [-0.1, -0.05) is 38.1 Å². The molecule has 2 N–H and O–H groups in total. The lowest BCUT2D eigenvalue weighted by molar-refractivity contribution is -0.127. The lowest BCUT2D eigenvalue weighted by atomic mass is 9.69. The first-order valence-electron chi connectivity index (χ1n) is 14.2. The van der Waals surface area contributed by atoms with E-state index in [1.165, 1.54) is 11.1 Å². The van der Waals surface area contributed by atoms with Crippen molar-refractivity contribution in [2.24, 2.45) is 22.7 Å². The Labute approximate surface area is 217 Å². The van der Waals surface area contributed by atoms with Crippen LogP contribution in [0.4, 0.5) is 0 Å². The number of benzene rings is 1. The summed E-state index contributed by atoms with van der Waals surface area (Å²) in [6.07, 6.45) is 8.90. The molecule has 2 bridgehead atoms. The van der Waals surface area contributed by atoms with Gasteiger partial charge in [-0.15, -0.1) is 0 Å². The maximum atomic E-state index is 14.0. The summed E-state index contributed by atoms with van der Waals surface area (Å²) < 4.78 is 29.8. The second-order valence-corrected chi connectivity index (χ2v) is 15.0. The fraction of sp³-hybridized carbons (Fsp3) is 0.759. The monoisotopic (exact) mass is 513 g/mol. The highest BCUT2D eigenvalue weighted by atomic mass is 32.2. The van der Waals surface area contributed by atoms with Crippen LogP contribution in [0.5, 0.6) is 0 Å². The summed E-state index contributed by atoms with van der Waals surface area (Å²) in [5, 5.41) is 6.74. The highest BCUT2D eigenvalue weighted by Crippen LogP contribution is 2.66. The fourth-order valence-electron chi connectivity index (χ4n) is 8.88. The van der Waals surface area contributed by atoms with E-state index in [0.29, 0.717) is 19.0 Å². The molecule has 0 aromatic heterocycles. The van der Waals surface area contributed by atoms with Crippen LogP contribution < -0.4 is 10.6 Å². The number of fused-ring (bicyclic) bond motifs is 4. The zero-order valence-corrected chi connectivity index (χ0v) is 22.8. The average Bonchev–Trinajstić information content (AvgIpc) is 3.41. The lowest BCUT2D eigenvalue weighted by Crippen LogP contribution is -2.56. The van der Waals surface area contributed by atoms with Crippen molar-refractivity contribution in [2.45, 2.75) is 83.1 Å². The van der Waals surface area contributed by atoms with Gasteiger partial charge in [0.15, 0.2) is 0 Å². The van der Waals surface area contributed by atoms with E-state index < -0.39 is 10.0 Å². The minimum absolute atomic E-state index is 0.00205. The third kappa shape index (κ3) is 3.79. The van der Waals surface area contributed by atoms with Crippen molar-refractivity contribution in [3.05, 3.63) is 35.4 Å². The standard InChI is InChI=1S/C29H43N3O3S/c1-27(2)23-10-12-29(27,25(18-23)31-26(33)22-7-5-15-30-19-22)20-36(34,35)32-16-13-28(14-17-32)11-9-21-6-3-4-8-24(21)28/h3-4,6,8,22-23,25,30H,5,7,9-20H2,1-2H3,(H,31,33)/t22?,23-,25?,29-/m0/s1. The van der Waals surface area contributed by atoms with Crippen LogP contribution in [0, 0.1) is 22.7 Å². The highest BCUT2D eigenvalue weighted by molar-refractivity contribution is 7.89. The van der Waals surface area contributed by atoms with Crippen LogP contribution in [0.1, 0.15) is 76.3 Å². The predicted molar refractivity (Wildman–Crippen MR) is 142 cm³/mol. The zero-order chi connectivity index (χ0) is 25.2. The Morgan fingerprint density at radius 1 is 1.11 bits per heavy atom. The van der Waals surface area contributed by atoms with Crippen LogP contribution in [0.15, 0.2) is 24.3 Å². The molecular weight excluding hydrogens is 470 g/mol. The Hall–Kier alpha value is -1.44. The molecule has 5 aliphatic rings. The SMILES string of the molecule is CC1(C)[C@H]2CC[C@]1(CS(=O)(=O)N1CCC3(CCc4ccccc43)CC1)C(NC(=O)C1CCCNC1)C2. The number of nitrogens with one attached hydrogen (secondary N) is 2. The van der Waals surface area contributed by atoms with E-state index in [2.05, 4.69) is 48.7 Å². The number of carbonyl (C=O) groups is 1. The average molecular weight is 514 g/mol. The van der Waals surface area contributed by atoms with E-state index in [-0.39, 0.29) is 39.9 Å². The number of hydrogen-bond acceptors (Lipinski definition) is 4. The molecule has 2 saturated carbocycles. The topological polar surface area (TPSA) is 78.5 Å². The van der Waals surface area contributed by atoms with Crippen molar-refractivity contribution in [3.8, 4) is 0 Å². The molecule has 4 atom stereocenters. The first-order chi connectivity index (χ1) is 17.2. The lowest BCUT2D eigenvalue weighted by Gasteiger charge is -2.45. The number of piperidine rings is 2. The van der Waals surface area contributed by atoms with Crippen molar-refractivity contribution in [2.75, 3.05) is 31.9 Å². The number of sulfonamides is 1. The van der Waals surface area contributed by atoms with Crippen LogP contribution in [0.25, 0.3) is 0 Å². The van der Waals surface area contributed by atoms with Gasteiger partial charge in [0.2, 0.25) is 15.9 Å². The molecule has 6 rings (SSSR count). The molecule has 36 heavy (non-hydrogen) atoms. The van der Waals surface area contributed by atoms with Gasteiger partial charge in [0, 0.05) is 31.1 Å². The van der Waals surface area contributed by atoms with Crippen molar-refractivity contribution in [1.82, 2.24) is 14.9 Å². The molecule has 1 amide bonds. The minimum Gasteiger partial charge on any atom is -0.352 e. The molecule has 198 valence electrons. The summed E-state index contributed by atoms with van der Waals surface area (Å²) in [5.41, 5.74) is 2.57. The molecule has 7 heteroatoms. The van der Waals surface area contributed by atoms with E-state index in [4.69, 9.17) is 0 Å². The Morgan fingerprint density at radius 2 is 1.89 bits per heavy atom. The van der Waals surface area contributed by atoms with E-state index >= 15 is 0 Å². The molecule has 2 aliphatic heterocycles. The van der Waals surface area contributed by atoms with Gasteiger partial charge in [-0.3, -0.25) is 4.79 Å². The van der Waals surface area contributed by atoms with Crippen LogP contribution in [-0.4, -0.2) is 56.6 Å². The van der Waals surface area contributed by atoms with E-state index in [9.17, 15) is 13.2 Å². The number of nitrogens with zero attached hydrogens (tertiary/aromatic N) is 1. The molecule has 6 nitrogen and oxygen atoms in total. The molecule has 1 spiro atoms. The second kappa shape index (κ2) is 8.81. The maximum Gasteiger partial charge on any atom is 0.224 e. The fourth-order valence-corrected chi connectivity index (χ4v) is 11.2. The summed E-state index contributed by atoms with van der Waals surface area (Å²) in [7, 11) is -3.43. The molecule has 3 aliphatic carbocycles. The van der Waals surface area contributed by atoms with Crippen molar-refractivity contribution >= 4 is 15.9 Å². The van der Waals surface area contributed by atoms with E-state index in [1.54, 1.807) is 4.31 Å². The summed E-state index contributed by atoms with van der Waals surface area (Å²) >= 11 is 0. The summed E-state index contributed by atoms with van der Waals surface area (Å²) in [5.74, 6) is 0.762. The van der Waals surface area contributed by atoms with Gasteiger partial charge < -0.3 is 10.6 Å². The summed E-state index contributed by atoms with van der Waals surface area (Å²) in [6.45, 7) is 7.45. The molecule has 2 unspecified atom stereocenters. The molecule has 1 aromatic rings. The maximum absolute atomic E-state index is 14.0. The number of aryl methyl sites for hydroxylation is 1. The molecule has 4 fully saturated rings. The summed E-state index contributed by atoms with van der Waals surface area (Å²) in [4.78, 5) is 13.2. The van der Waals surface area contributed by atoms with Gasteiger partial charge in [0.1, 0.15) is 0 Å². The quantitative estimate of drug-likeness (QED) is 0.631. The predicted octanol–water partition coefficient (Wildman–Crippen LogP) is 3.61. The van der Waals surface area contributed by atoms with Gasteiger partial charge in [-0.2, -0.15) is 0 Å². The van der Waals surface area contributed by atoms with E-state index in [1.807, 2.05) is 0 Å². The van der Waals surface area contributed by atoms with Crippen LogP contribution in [0.3, 0.4) is 0 Å². The second-order valence-electron chi connectivity index (χ2n) is 13.0. The Kier molecular flexibility index (Phi) is 6.08. The highest BCUT2D eigenvalue weighted by Gasteiger charge is 2.66. The smallest absolute Gasteiger partial charge is 0.224 e. The molecule has 2 saturated heterocycles. The van der Waals surface area contributed by atoms with Crippen LogP contribution in [-0.2, 0) is 26.7 Å². The van der Waals surface area contributed by atoms with Gasteiger partial charge in [0.25, 0.3) is 0 Å². The van der Waals surface area contributed by atoms with Crippen molar-refractivity contribution in [3.63, 3.8) is 0 Å². The van der Waals surface area contributed by atoms with E-state index in [0.717, 1.165) is 70.9 Å². The molecule has 0 radical (unpaired) electrons. The van der Waals surface area contributed by atoms with Gasteiger partial charge in [0.05, 0.1) is 11.7 Å². The van der Waals surface area contributed by atoms with Crippen molar-refractivity contribution < 1.29 is 13.2 Å². The van der Waals surface area contributed by atoms with Gasteiger partial charge in [-0.25, -0.2) is 12.7 Å². The van der Waals surface area contributed by atoms with Gasteiger partial charge >= 0.3 is 0 Å². The largest absolute Gasteiger partial charge is 0.352 e. The zero-order valence-electron chi connectivity index (χ0n) is 22.0. The first kappa shape index (κ1) is 24.9. The molecular formula is C29H43N3O3S. The number of hydrogen-bond donors (Lipinski definition) is 2. The minimum atomic E-state index is -3.43.